The molecule has 1 atom stereocenters. The molecule has 0 saturated carbocycles. The molecular formula is C19H18F2N6O3. The summed E-state index contributed by atoms with van der Waals surface area (Å²) in [4.78, 5) is 29.5. The lowest BCUT2D eigenvalue weighted by Crippen LogP contribution is -2.39. The average molecular weight is 416 g/mol. The zero-order chi connectivity index (χ0) is 21.1. The molecule has 1 aliphatic rings. The van der Waals surface area contributed by atoms with Gasteiger partial charge < -0.3 is 14.6 Å². The molecular weight excluding hydrogens is 398 g/mol. The van der Waals surface area contributed by atoms with E-state index in [1.54, 1.807) is 0 Å². The smallest absolute Gasteiger partial charge is 0.276 e. The second-order valence-electron chi connectivity index (χ2n) is 7.01. The lowest BCUT2D eigenvalue weighted by Gasteiger charge is -2.22. The van der Waals surface area contributed by atoms with Gasteiger partial charge in [-0.1, -0.05) is 35.5 Å². The first-order chi connectivity index (χ1) is 14.4. The first kappa shape index (κ1) is 19.7. The number of rotatable bonds is 6. The summed E-state index contributed by atoms with van der Waals surface area (Å²) in [5.41, 5.74) is 0.941. The molecule has 1 fully saturated rings. The van der Waals surface area contributed by atoms with Gasteiger partial charge in [0, 0.05) is 13.0 Å². The van der Waals surface area contributed by atoms with Crippen LogP contribution in [0.5, 0.6) is 0 Å². The number of hydrogen-bond donors (Lipinski definition) is 1. The maximum Gasteiger partial charge on any atom is 0.276 e. The Morgan fingerprint density at radius 3 is 2.77 bits per heavy atom. The Morgan fingerprint density at radius 2 is 2.03 bits per heavy atom. The van der Waals surface area contributed by atoms with Crippen LogP contribution < -0.4 is 5.32 Å². The highest BCUT2D eigenvalue weighted by atomic mass is 19.3. The molecule has 4 rings (SSSR count). The highest BCUT2D eigenvalue weighted by Gasteiger charge is 2.47. The number of nitrogens with zero attached hydrogens (tertiary/aromatic N) is 5. The molecule has 1 aliphatic heterocycles. The van der Waals surface area contributed by atoms with Crippen molar-refractivity contribution in [2.45, 2.75) is 31.5 Å². The predicted octanol–water partition coefficient (Wildman–Crippen LogP) is 1.75. The minimum absolute atomic E-state index is 0.0296. The number of benzene rings is 1. The van der Waals surface area contributed by atoms with E-state index in [1.165, 1.54) is 10.9 Å². The van der Waals surface area contributed by atoms with Gasteiger partial charge in [-0.25, -0.2) is 18.4 Å². The van der Waals surface area contributed by atoms with E-state index in [9.17, 15) is 18.4 Å². The van der Waals surface area contributed by atoms with Gasteiger partial charge in [0.05, 0.1) is 25.3 Å². The fourth-order valence-electron chi connectivity index (χ4n) is 3.34. The van der Waals surface area contributed by atoms with Crippen LogP contribution in [0.3, 0.4) is 0 Å². The molecule has 1 saturated heterocycles. The molecule has 11 heteroatoms. The number of oxazole rings is 1. The monoisotopic (exact) mass is 416 g/mol. The van der Waals surface area contributed by atoms with E-state index in [0.717, 1.165) is 23.1 Å². The third-order valence-corrected chi connectivity index (χ3v) is 4.75. The number of hydrogen-bond acceptors (Lipinski definition) is 6. The number of nitrogens with one attached hydrogen (secondary N) is 1. The van der Waals surface area contributed by atoms with Crippen molar-refractivity contribution in [2.75, 3.05) is 6.54 Å². The minimum Gasteiger partial charge on any atom is -0.451 e. The maximum atomic E-state index is 14.0. The summed E-state index contributed by atoms with van der Waals surface area (Å²) in [7, 11) is 0. The number of halogens is 2. The third-order valence-electron chi connectivity index (χ3n) is 4.75. The van der Waals surface area contributed by atoms with Gasteiger partial charge >= 0.3 is 0 Å². The first-order valence-electron chi connectivity index (χ1n) is 9.20. The Hall–Kier alpha value is -3.63. The highest BCUT2D eigenvalue weighted by molar-refractivity contribution is 5.92. The maximum absolute atomic E-state index is 14.0. The molecule has 3 heterocycles. The Morgan fingerprint density at radius 1 is 1.23 bits per heavy atom. The van der Waals surface area contributed by atoms with E-state index >= 15 is 0 Å². The van der Waals surface area contributed by atoms with Crippen LogP contribution >= 0.6 is 0 Å². The van der Waals surface area contributed by atoms with E-state index in [-0.39, 0.29) is 17.9 Å². The standard InChI is InChI=1S/C19H18F2N6O3/c20-19(21)6-14(27(11-19)18(29)16-10-30-12-23-16)8-26-9-15(24-25-26)17(28)22-7-13-4-2-1-3-5-13/h1-5,9-10,12,14H,6-8,11H2,(H,22,28)/t14-/m0/s1. The zero-order valence-electron chi connectivity index (χ0n) is 15.7. The van der Waals surface area contributed by atoms with Crippen LogP contribution in [-0.4, -0.2) is 55.2 Å². The van der Waals surface area contributed by atoms with Crippen LogP contribution in [0.2, 0.25) is 0 Å². The lowest BCUT2D eigenvalue weighted by molar-refractivity contribution is 0.0116. The van der Waals surface area contributed by atoms with Gasteiger partial charge in [0.25, 0.3) is 17.7 Å². The molecule has 1 aromatic carbocycles. The fraction of sp³-hybridized carbons (Fsp3) is 0.316. The summed E-state index contributed by atoms with van der Waals surface area (Å²) in [5.74, 6) is -4.11. The van der Waals surface area contributed by atoms with Crippen molar-refractivity contribution in [1.29, 1.82) is 0 Å². The number of carbonyl (C=O) groups excluding carboxylic acids is 2. The number of carbonyl (C=O) groups is 2. The van der Waals surface area contributed by atoms with Gasteiger partial charge in [-0.05, 0) is 5.56 Å². The van der Waals surface area contributed by atoms with E-state index in [2.05, 4.69) is 20.6 Å². The second kappa shape index (κ2) is 8.01. The van der Waals surface area contributed by atoms with Crippen molar-refractivity contribution >= 4 is 11.8 Å². The summed E-state index contributed by atoms with van der Waals surface area (Å²) in [6.07, 6.45) is 3.02. The van der Waals surface area contributed by atoms with Crippen LogP contribution in [0, 0.1) is 0 Å². The highest BCUT2D eigenvalue weighted by Crippen LogP contribution is 2.33. The number of alkyl halides is 2. The Kier molecular flexibility index (Phi) is 5.25. The van der Waals surface area contributed by atoms with Gasteiger partial charge in [0.1, 0.15) is 6.26 Å². The van der Waals surface area contributed by atoms with E-state index < -0.39 is 36.7 Å². The molecule has 0 spiro atoms. The zero-order valence-corrected chi connectivity index (χ0v) is 15.7. The quantitative estimate of drug-likeness (QED) is 0.656. The minimum atomic E-state index is -3.03. The number of aromatic nitrogens is 4. The number of amides is 2. The molecule has 0 unspecified atom stereocenters. The SMILES string of the molecule is O=C(NCc1ccccc1)c1cn(C[C@@H]2CC(F)(F)CN2C(=O)c2cocn2)nn1. The largest absolute Gasteiger partial charge is 0.451 e. The Balaban J connectivity index is 1.41. The summed E-state index contributed by atoms with van der Waals surface area (Å²) >= 11 is 0. The number of likely N-dealkylation sites (tertiary alicyclic amines) is 1. The molecule has 2 aromatic heterocycles. The summed E-state index contributed by atoms with van der Waals surface area (Å²) in [5, 5.41) is 10.4. The molecule has 0 bridgehead atoms. The second-order valence-corrected chi connectivity index (χ2v) is 7.01. The van der Waals surface area contributed by atoms with Crippen molar-refractivity contribution in [1.82, 2.24) is 30.2 Å². The lowest BCUT2D eigenvalue weighted by atomic mass is 10.2. The van der Waals surface area contributed by atoms with E-state index in [1.807, 2.05) is 30.3 Å². The topological polar surface area (TPSA) is 106 Å². The molecule has 1 N–H and O–H groups in total. The summed E-state index contributed by atoms with van der Waals surface area (Å²) < 4.78 is 34.0. The molecule has 156 valence electrons. The van der Waals surface area contributed by atoms with Gasteiger partial charge in [0.2, 0.25) is 0 Å². The van der Waals surface area contributed by atoms with Crippen LogP contribution in [-0.2, 0) is 13.1 Å². The van der Waals surface area contributed by atoms with Gasteiger partial charge in [0.15, 0.2) is 17.8 Å². The predicted molar refractivity (Wildman–Crippen MR) is 98.5 cm³/mol. The Labute approximate surface area is 169 Å². The summed E-state index contributed by atoms with van der Waals surface area (Å²) in [6, 6.07) is 8.52. The Bertz CT molecular complexity index is 1020. The average Bonchev–Trinajstić information content (AvgIpc) is 3.47. The van der Waals surface area contributed by atoms with Crippen LogP contribution in [0.25, 0.3) is 0 Å². The van der Waals surface area contributed by atoms with E-state index in [0.29, 0.717) is 6.54 Å². The molecule has 30 heavy (non-hydrogen) atoms. The molecule has 3 aromatic rings. The van der Waals surface area contributed by atoms with Crippen LogP contribution in [0.1, 0.15) is 33.0 Å². The van der Waals surface area contributed by atoms with Crippen molar-refractivity contribution in [3.63, 3.8) is 0 Å². The van der Waals surface area contributed by atoms with Gasteiger partial charge in [-0.15, -0.1) is 5.10 Å². The van der Waals surface area contributed by atoms with Gasteiger partial charge in [-0.3, -0.25) is 9.59 Å². The van der Waals surface area contributed by atoms with Crippen molar-refractivity contribution < 1.29 is 22.8 Å². The molecule has 2 amide bonds. The molecule has 0 aliphatic carbocycles. The molecule has 0 radical (unpaired) electrons. The van der Waals surface area contributed by atoms with Crippen molar-refractivity contribution in [3.8, 4) is 0 Å². The van der Waals surface area contributed by atoms with Crippen LogP contribution in [0.15, 0.2) is 53.6 Å². The van der Waals surface area contributed by atoms with Gasteiger partial charge in [-0.2, -0.15) is 0 Å². The third kappa shape index (κ3) is 4.34. The first-order valence-corrected chi connectivity index (χ1v) is 9.20. The molecule has 9 nitrogen and oxygen atoms in total. The summed E-state index contributed by atoms with van der Waals surface area (Å²) in [6.45, 7) is -0.429. The normalized spacial score (nSPS) is 17.8. The van der Waals surface area contributed by atoms with Crippen molar-refractivity contribution in [2.24, 2.45) is 0 Å². The van der Waals surface area contributed by atoms with E-state index in [4.69, 9.17) is 4.42 Å². The fourth-order valence-corrected chi connectivity index (χ4v) is 3.34. The van der Waals surface area contributed by atoms with Crippen LogP contribution in [0.4, 0.5) is 8.78 Å². The van der Waals surface area contributed by atoms with Crippen molar-refractivity contribution in [3.05, 3.63) is 66.1 Å².